The van der Waals surface area contributed by atoms with Crippen molar-refractivity contribution in [2.45, 2.75) is 29.5 Å². The predicted octanol–water partition coefficient (Wildman–Crippen LogP) is -2.06. The first-order valence-electron chi connectivity index (χ1n) is 6.72. The van der Waals surface area contributed by atoms with Gasteiger partial charge in [0.25, 0.3) is 5.08 Å². The van der Waals surface area contributed by atoms with E-state index >= 15 is 0 Å². The van der Waals surface area contributed by atoms with E-state index in [2.05, 4.69) is 0 Å². The Balaban J connectivity index is 6.92. The van der Waals surface area contributed by atoms with Gasteiger partial charge in [-0.2, -0.15) is 0 Å². The molecule has 10 N–H and O–H groups in total. The van der Waals surface area contributed by atoms with Gasteiger partial charge in [-0.05, 0) is 6.42 Å². The minimum atomic E-state index is -6.33. The first-order valence-corrected chi connectivity index (χ1v) is 11.6. The van der Waals surface area contributed by atoms with Gasteiger partial charge in [0, 0.05) is 12.8 Å². The van der Waals surface area contributed by atoms with Crippen LogP contribution in [0.2, 0.25) is 0 Å². The van der Waals surface area contributed by atoms with E-state index in [0.29, 0.717) is 0 Å². The summed E-state index contributed by atoms with van der Waals surface area (Å²) in [6.45, 7) is 0. The second-order valence-electron chi connectivity index (χ2n) is 5.62. The molecule has 0 rings (SSSR count). The van der Waals surface area contributed by atoms with Crippen LogP contribution in [-0.4, -0.2) is 77.9 Å². The molecule has 0 aromatic heterocycles. The van der Waals surface area contributed by atoms with Crippen molar-refractivity contribution in [2.75, 3.05) is 0 Å². The van der Waals surface area contributed by atoms with Gasteiger partial charge in [0.05, 0.1) is 5.92 Å². The lowest BCUT2D eigenvalue weighted by molar-refractivity contribution is -0.154. The molecule has 0 aliphatic rings. The third-order valence-corrected chi connectivity index (χ3v) is 9.46. The fourth-order valence-corrected chi connectivity index (χ4v) is 5.80. The highest BCUT2D eigenvalue weighted by molar-refractivity contribution is 7.72. The number of aliphatic hydroxyl groups is 1. The summed E-state index contributed by atoms with van der Waals surface area (Å²) in [4.78, 5) is 88.9. The van der Waals surface area contributed by atoms with Gasteiger partial charge < -0.3 is 49.8 Å². The molecule has 0 heterocycles. The van der Waals surface area contributed by atoms with Crippen molar-refractivity contribution in [3.05, 3.63) is 0 Å². The summed E-state index contributed by atoms with van der Waals surface area (Å²) < 4.78 is 34.6. The fraction of sp³-hybridized carbons (Fsp3) is 0.667. The van der Waals surface area contributed by atoms with Crippen molar-refractivity contribution >= 4 is 40.7 Å². The zero-order valence-electron chi connectivity index (χ0n) is 13.5. The van der Waals surface area contributed by atoms with Crippen LogP contribution in [0.3, 0.4) is 0 Å². The van der Waals surface area contributed by atoms with Gasteiger partial charge >= 0.3 is 40.7 Å². The number of hydrogen-bond donors (Lipinski definition) is 10. The van der Waals surface area contributed by atoms with E-state index in [4.69, 9.17) is 24.7 Å². The lowest BCUT2D eigenvalue weighted by Crippen LogP contribution is -2.52. The molecule has 0 aromatic rings. The van der Waals surface area contributed by atoms with Crippen LogP contribution in [0.25, 0.3) is 0 Å². The smallest absolute Gasteiger partial charge is 0.369 e. The Bertz CT molecular complexity index is 763. The maximum atomic E-state index is 11.8. The third kappa shape index (κ3) is 5.05. The van der Waals surface area contributed by atoms with E-state index in [0.717, 1.165) is 0 Å². The Morgan fingerprint density at radius 3 is 1.39 bits per heavy atom. The van der Waals surface area contributed by atoms with Crippen LogP contribution >= 0.6 is 22.8 Å². The summed E-state index contributed by atoms with van der Waals surface area (Å²) in [6, 6.07) is 0. The second kappa shape index (κ2) is 8.28. The van der Waals surface area contributed by atoms with Crippen molar-refractivity contribution < 1.29 is 77.9 Å². The highest BCUT2D eigenvalue weighted by atomic mass is 31.2. The Labute approximate surface area is 154 Å². The van der Waals surface area contributed by atoms with Crippen molar-refractivity contribution in [1.82, 2.24) is 0 Å². The topological polar surface area (TPSA) is 305 Å². The first kappa shape index (κ1) is 26.8. The third-order valence-electron chi connectivity index (χ3n) is 3.90. The van der Waals surface area contributed by atoms with E-state index in [1.165, 1.54) is 0 Å². The van der Waals surface area contributed by atoms with E-state index in [-0.39, 0.29) is 0 Å². The van der Waals surface area contributed by atoms with Crippen molar-refractivity contribution in [3.63, 3.8) is 0 Å². The molecular weight excluding hydrogens is 457 g/mol. The zero-order chi connectivity index (χ0) is 22.9. The van der Waals surface area contributed by atoms with Crippen LogP contribution in [0.4, 0.5) is 0 Å². The summed E-state index contributed by atoms with van der Waals surface area (Å²) in [5.74, 6) is -10.2. The van der Waals surface area contributed by atoms with E-state index < -0.39 is 76.1 Å². The maximum absolute atomic E-state index is 11.8. The van der Waals surface area contributed by atoms with Crippen LogP contribution in [0, 0.1) is 5.92 Å². The molecule has 28 heavy (non-hydrogen) atoms. The largest absolute Gasteiger partial charge is 0.481 e. The van der Waals surface area contributed by atoms with Crippen LogP contribution in [0.5, 0.6) is 0 Å². The first-order chi connectivity index (χ1) is 12.1. The van der Waals surface area contributed by atoms with Crippen LogP contribution in [-0.2, 0) is 28.1 Å². The molecule has 2 atom stereocenters. The minimum absolute atomic E-state index is 1.36. The van der Waals surface area contributed by atoms with Crippen LogP contribution < -0.4 is 0 Å². The van der Waals surface area contributed by atoms with Crippen molar-refractivity contribution in [3.8, 4) is 0 Å². The zero-order valence-corrected chi connectivity index (χ0v) is 16.1. The number of aliphatic carboxylic acids is 3. The molecular formula is C9H17O16P3. The van der Waals surface area contributed by atoms with Gasteiger partial charge in [0.15, 0.2) is 5.16 Å². The maximum Gasteiger partial charge on any atom is 0.369 e. The Hall–Kier alpha value is -1.18. The average molecular weight is 474 g/mol. The van der Waals surface area contributed by atoms with E-state index in [1.807, 2.05) is 0 Å². The molecule has 0 amide bonds. The molecule has 0 aliphatic heterocycles. The summed E-state index contributed by atoms with van der Waals surface area (Å²) in [5, 5.41) is 28.6. The molecule has 19 heteroatoms. The van der Waals surface area contributed by atoms with E-state index in [1.54, 1.807) is 0 Å². The SMILES string of the molecule is O=C(O)CCC(C(=O)O)(C(CC(O)(P(=O)(O)O)P(=O)(O)O)C(=O)O)P(=O)(O)O. The number of carboxylic acids is 3. The minimum Gasteiger partial charge on any atom is -0.481 e. The predicted molar refractivity (Wildman–Crippen MR) is 84.1 cm³/mol. The monoisotopic (exact) mass is 474 g/mol. The van der Waals surface area contributed by atoms with Gasteiger partial charge in [0.1, 0.15) is 0 Å². The quantitative estimate of drug-likeness (QED) is 0.144. The normalized spacial score (nSPS) is 16.8. The lowest BCUT2D eigenvalue weighted by Gasteiger charge is -2.39. The number of rotatable bonds is 11. The molecule has 0 bridgehead atoms. The molecule has 0 spiro atoms. The standard InChI is InChI=1S/C9H17O16P3/c10-5(11)1-2-8(7(14)15,26(17,18)19)4(6(12)13)3-9(16,27(20,21)22)28(23,24)25/h4,16H,1-3H2,(H,10,11)(H,12,13)(H,14,15)(H2,17,18,19)(H2,20,21,22)(H2,23,24,25). The van der Waals surface area contributed by atoms with Gasteiger partial charge in [-0.25, -0.2) is 0 Å². The Kier molecular flexibility index (Phi) is 7.93. The van der Waals surface area contributed by atoms with Gasteiger partial charge in [-0.1, -0.05) is 0 Å². The van der Waals surface area contributed by atoms with Crippen molar-refractivity contribution in [1.29, 1.82) is 0 Å². The number of carboxylic acid groups (broad SMARTS) is 3. The van der Waals surface area contributed by atoms with Crippen LogP contribution in [0.1, 0.15) is 19.3 Å². The van der Waals surface area contributed by atoms with E-state index in [9.17, 15) is 53.2 Å². The van der Waals surface area contributed by atoms with Crippen LogP contribution in [0.15, 0.2) is 0 Å². The molecule has 0 saturated carbocycles. The summed E-state index contributed by atoms with van der Waals surface area (Å²) in [6.07, 6.45) is -5.29. The molecule has 2 unspecified atom stereocenters. The summed E-state index contributed by atoms with van der Waals surface area (Å²) >= 11 is 0. The lowest BCUT2D eigenvalue weighted by atomic mass is 9.84. The summed E-state index contributed by atoms with van der Waals surface area (Å²) in [7, 11) is -18.8. The Morgan fingerprint density at radius 2 is 1.18 bits per heavy atom. The van der Waals surface area contributed by atoms with Crippen molar-refractivity contribution in [2.24, 2.45) is 5.92 Å². The number of hydrogen-bond acceptors (Lipinski definition) is 7. The molecule has 0 fully saturated rings. The average Bonchev–Trinajstić information content (AvgIpc) is 2.41. The molecule has 0 radical (unpaired) electrons. The highest BCUT2D eigenvalue weighted by Gasteiger charge is 2.68. The molecule has 0 aromatic carbocycles. The van der Waals surface area contributed by atoms with Gasteiger partial charge in [0.2, 0.25) is 0 Å². The van der Waals surface area contributed by atoms with Gasteiger partial charge in [-0.3, -0.25) is 28.1 Å². The number of carbonyl (C=O) groups is 3. The van der Waals surface area contributed by atoms with Gasteiger partial charge in [-0.15, -0.1) is 0 Å². The molecule has 164 valence electrons. The molecule has 16 nitrogen and oxygen atoms in total. The summed E-state index contributed by atoms with van der Waals surface area (Å²) in [5.41, 5.74) is 0. The molecule has 0 aliphatic carbocycles. The molecule has 0 saturated heterocycles. The second-order valence-corrected chi connectivity index (χ2v) is 11.5. The highest BCUT2D eigenvalue weighted by Crippen LogP contribution is 2.71. The fourth-order valence-electron chi connectivity index (χ4n) is 2.34. The Morgan fingerprint density at radius 1 is 0.786 bits per heavy atom.